The standard InChI is InChI=1S/C17H21N3O4/c21-15-5-2-7-20(15)14-4-1-3-12(9-14)10-18-17(24)19-8-6-13(11-19)16(22)23/h1,3-4,9,13H,2,5-8,10-11H2,(H,18,24)(H,22,23). The molecule has 0 aliphatic carbocycles. The van der Waals surface area contributed by atoms with Crippen LogP contribution in [0.4, 0.5) is 10.5 Å². The van der Waals surface area contributed by atoms with Crippen LogP contribution in [0.25, 0.3) is 0 Å². The van der Waals surface area contributed by atoms with Crippen LogP contribution in [0.1, 0.15) is 24.8 Å². The van der Waals surface area contributed by atoms with Gasteiger partial charge >= 0.3 is 12.0 Å². The highest BCUT2D eigenvalue weighted by Gasteiger charge is 2.30. The van der Waals surface area contributed by atoms with Crippen molar-refractivity contribution in [2.45, 2.75) is 25.8 Å². The molecular weight excluding hydrogens is 310 g/mol. The summed E-state index contributed by atoms with van der Waals surface area (Å²) in [5.74, 6) is -1.19. The summed E-state index contributed by atoms with van der Waals surface area (Å²) in [5, 5.41) is 11.8. The van der Waals surface area contributed by atoms with Crippen molar-refractivity contribution in [1.29, 1.82) is 0 Å². The molecule has 2 fully saturated rings. The van der Waals surface area contributed by atoms with E-state index >= 15 is 0 Å². The summed E-state index contributed by atoms with van der Waals surface area (Å²) in [6.07, 6.45) is 1.95. The summed E-state index contributed by atoms with van der Waals surface area (Å²) in [6.45, 7) is 1.80. The number of carboxylic acid groups (broad SMARTS) is 1. The molecule has 7 nitrogen and oxygen atoms in total. The van der Waals surface area contributed by atoms with Crippen LogP contribution in [0.2, 0.25) is 0 Å². The van der Waals surface area contributed by atoms with Crippen LogP contribution in [-0.4, -0.2) is 47.5 Å². The molecule has 24 heavy (non-hydrogen) atoms. The molecule has 3 amide bonds. The fourth-order valence-electron chi connectivity index (χ4n) is 3.19. The minimum absolute atomic E-state index is 0.132. The van der Waals surface area contributed by atoms with Crippen LogP contribution in [0, 0.1) is 5.92 Å². The third kappa shape index (κ3) is 3.50. The number of aliphatic carboxylic acids is 1. The van der Waals surface area contributed by atoms with Crippen molar-refractivity contribution in [3.05, 3.63) is 29.8 Å². The molecule has 2 saturated heterocycles. The molecule has 2 heterocycles. The Kier molecular flexibility index (Phi) is 4.69. The van der Waals surface area contributed by atoms with E-state index in [0.29, 0.717) is 25.9 Å². The number of rotatable bonds is 4. The summed E-state index contributed by atoms with van der Waals surface area (Å²) >= 11 is 0. The summed E-state index contributed by atoms with van der Waals surface area (Å²) in [5.41, 5.74) is 1.77. The van der Waals surface area contributed by atoms with Gasteiger partial charge in [-0.25, -0.2) is 4.79 Å². The largest absolute Gasteiger partial charge is 0.481 e. The lowest BCUT2D eigenvalue weighted by Gasteiger charge is -2.18. The third-order valence-electron chi connectivity index (χ3n) is 4.56. The number of carboxylic acids is 1. The Morgan fingerprint density at radius 1 is 1.29 bits per heavy atom. The van der Waals surface area contributed by atoms with Crippen molar-refractivity contribution in [2.24, 2.45) is 5.92 Å². The van der Waals surface area contributed by atoms with Gasteiger partial charge in [-0.2, -0.15) is 0 Å². The van der Waals surface area contributed by atoms with Gasteiger partial charge in [-0.15, -0.1) is 0 Å². The monoisotopic (exact) mass is 331 g/mol. The van der Waals surface area contributed by atoms with E-state index in [1.165, 1.54) is 4.90 Å². The van der Waals surface area contributed by atoms with E-state index in [1.807, 2.05) is 24.3 Å². The number of nitrogens with one attached hydrogen (secondary N) is 1. The molecule has 1 atom stereocenters. The first-order valence-electron chi connectivity index (χ1n) is 8.19. The van der Waals surface area contributed by atoms with Crippen molar-refractivity contribution in [3.63, 3.8) is 0 Å². The molecule has 0 aromatic heterocycles. The Morgan fingerprint density at radius 2 is 2.12 bits per heavy atom. The Bertz CT molecular complexity index is 661. The van der Waals surface area contributed by atoms with Gasteiger partial charge in [0.05, 0.1) is 5.92 Å². The highest BCUT2D eigenvalue weighted by Crippen LogP contribution is 2.22. The van der Waals surface area contributed by atoms with E-state index < -0.39 is 11.9 Å². The fourth-order valence-corrected chi connectivity index (χ4v) is 3.19. The molecule has 1 aromatic rings. The fraction of sp³-hybridized carbons (Fsp3) is 0.471. The number of benzene rings is 1. The van der Waals surface area contributed by atoms with Gasteiger partial charge in [-0.1, -0.05) is 12.1 Å². The number of amides is 3. The predicted octanol–water partition coefficient (Wildman–Crippen LogP) is 1.43. The molecule has 3 rings (SSSR count). The molecule has 2 N–H and O–H groups in total. The van der Waals surface area contributed by atoms with Gasteiger partial charge in [0.2, 0.25) is 5.91 Å². The number of carbonyl (C=O) groups excluding carboxylic acids is 2. The molecule has 0 spiro atoms. The minimum atomic E-state index is -0.853. The number of likely N-dealkylation sites (tertiary alicyclic amines) is 1. The van der Waals surface area contributed by atoms with Crippen LogP contribution >= 0.6 is 0 Å². The van der Waals surface area contributed by atoms with Gasteiger partial charge in [0.1, 0.15) is 0 Å². The molecule has 0 bridgehead atoms. The zero-order valence-electron chi connectivity index (χ0n) is 13.4. The van der Waals surface area contributed by atoms with Crippen LogP contribution in [0.3, 0.4) is 0 Å². The molecule has 0 radical (unpaired) electrons. The first-order chi connectivity index (χ1) is 11.5. The Morgan fingerprint density at radius 3 is 2.79 bits per heavy atom. The summed E-state index contributed by atoms with van der Waals surface area (Å²) in [6, 6.07) is 7.33. The zero-order valence-corrected chi connectivity index (χ0v) is 13.4. The maximum Gasteiger partial charge on any atom is 0.317 e. The quantitative estimate of drug-likeness (QED) is 0.873. The molecular formula is C17H21N3O4. The molecule has 0 saturated carbocycles. The van der Waals surface area contributed by atoms with Crippen LogP contribution < -0.4 is 10.2 Å². The second kappa shape index (κ2) is 6.90. The van der Waals surface area contributed by atoms with Gasteiger partial charge in [0.25, 0.3) is 0 Å². The van der Waals surface area contributed by atoms with Crippen LogP contribution in [-0.2, 0) is 16.1 Å². The smallest absolute Gasteiger partial charge is 0.317 e. The average molecular weight is 331 g/mol. The Hall–Kier alpha value is -2.57. The minimum Gasteiger partial charge on any atom is -0.481 e. The normalized spacial score (nSPS) is 20.5. The molecule has 2 aliphatic rings. The maximum atomic E-state index is 12.1. The lowest BCUT2D eigenvalue weighted by molar-refractivity contribution is -0.141. The number of urea groups is 1. The second-order valence-corrected chi connectivity index (χ2v) is 6.25. The number of anilines is 1. The second-order valence-electron chi connectivity index (χ2n) is 6.25. The number of hydrogen-bond acceptors (Lipinski definition) is 3. The van der Waals surface area contributed by atoms with E-state index in [9.17, 15) is 14.4 Å². The SMILES string of the molecule is O=C(O)C1CCN(C(=O)NCc2cccc(N3CCCC3=O)c2)C1. The Labute approximate surface area is 140 Å². The van der Waals surface area contributed by atoms with Gasteiger partial charge in [-0.3, -0.25) is 9.59 Å². The first-order valence-corrected chi connectivity index (χ1v) is 8.19. The number of nitrogens with zero attached hydrogens (tertiary/aromatic N) is 2. The van der Waals surface area contributed by atoms with E-state index in [-0.39, 0.29) is 18.5 Å². The highest BCUT2D eigenvalue weighted by atomic mass is 16.4. The van der Waals surface area contributed by atoms with Crippen LogP contribution in [0.15, 0.2) is 24.3 Å². The summed E-state index contributed by atoms with van der Waals surface area (Å²) in [7, 11) is 0. The van der Waals surface area contributed by atoms with Crippen molar-refractivity contribution >= 4 is 23.6 Å². The van der Waals surface area contributed by atoms with E-state index in [1.54, 1.807) is 4.90 Å². The van der Waals surface area contributed by atoms with E-state index in [0.717, 1.165) is 24.2 Å². The van der Waals surface area contributed by atoms with Gasteiger partial charge in [0.15, 0.2) is 0 Å². The molecule has 1 aromatic carbocycles. The van der Waals surface area contributed by atoms with Gasteiger partial charge in [0, 0.05) is 38.3 Å². The molecule has 2 aliphatic heterocycles. The predicted molar refractivity (Wildman–Crippen MR) is 87.6 cm³/mol. The van der Waals surface area contributed by atoms with Crippen molar-refractivity contribution in [1.82, 2.24) is 10.2 Å². The first kappa shape index (κ1) is 16.3. The zero-order chi connectivity index (χ0) is 17.1. The van der Waals surface area contributed by atoms with E-state index in [2.05, 4.69) is 5.32 Å². The molecule has 1 unspecified atom stereocenters. The summed E-state index contributed by atoms with van der Waals surface area (Å²) in [4.78, 5) is 38.2. The van der Waals surface area contributed by atoms with Crippen molar-refractivity contribution in [2.75, 3.05) is 24.5 Å². The third-order valence-corrected chi connectivity index (χ3v) is 4.56. The van der Waals surface area contributed by atoms with Crippen molar-refractivity contribution < 1.29 is 19.5 Å². The van der Waals surface area contributed by atoms with E-state index in [4.69, 9.17) is 5.11 Å². The van der Waals surface area contributed by atoms with Gasteiger partial charge in [-0.05, 0) is 30.5 Å². The molecule has 7 heteroatoms. The van der Waals surface area contributed by atoms with Crippen molar-refractivity contribution in [3.8, 4) is 0 Å². The highest BCUT2D eigenvalue weighted by molar-refractivity contribution is 5.95. The maximum absolute atomic E-state index is 12.1. The topological polar surface area (TPSA) is 89.9 Å². The summed E-state index contributed by atoms with van der Waals surface area (Å²) < 4.78 is 0. The molecule has 128 valence electrons. The lowest BCUT2D eigenvalue weighted by atomic mass is 10.1. The van der Waals surface area contributed by atoms with Gasteiger partial charge < -0.3 is 20.2 Å². The number of hydrogen-bond donors (Lipinski definition) is 2. The van der Waals surface area contributed by atoms with Crippen LogP contribution in [0.5, 0.6) is 0 Å². The Balaban J connectivity index is 1.56. The lowest BCUT2D eigenvalue weighted by Crippen LogP contribution is -2.38. The number of carbonyl (C=O) groups is 3. The average Bonchev–Trinajstić information content (AvgIpc) is 3.22.